The molecular formula is C20H25N3O2. The number of hydrogen-bond donors (Lipinski definition) is 2. The van der Waals surface area contributed by atoms with Crippen LogP contribution in [0.3, 0.4) is 0 Å². The van der Waals surface area contributed by atoms with Crippen LogP contribution in [0.2, 0.25) is 0 Å². The molecule has 132 valence electrons. The molecule has 3 rings (SSSR count). The van der Waals surface area contributed by atoms with E-state index in [1.807, 2.05) is 6.07 Å². The van der Waals surface area contributed by atoms with Crippen LogP contribution in [-0.2, 0) is 14.9 Å². The number of benzene rings is 1. The van der Waals surface area contributed by atoms with Crippen molar-refractivity contribution < 1.29 is 9.53 Å². The second-order valence-corrected chi connectivity index (χ2v) is 7.38. The van der Waals surface area contributed by atoms with Crippen molar-refractivity contribution in [1.29, 1.82) is 0 Å². The summed E-state index contributed by atoms with van der Waals surface area (Å²) in [5, 5.41) is 6.11. The van der Waals surface area contributed by atoms with Crippen LogP contribution in [0.5, 0.6) is 0 Å². The first-order chi connectivity index (χ1) is 11.9. The molecule has 0 spiro atoms. The number of hydrogen-bond acceptors (Lipinski definition) is 4. The highest BCUT2D eigenvalue weighted by Gasteiger charge is 2.23. The molecule has 2 N–H and O–H groups in total. The molecule has 1 aromatic heterocycles. The molecule has 1 atom stereocenters. The Labute approximate surface area is 148 Å². The van der Waals surface area contributed by atoms with Gasteiger partial charge < -0.3 is 15.4 Å². The largest absolute Gasteiger partial charge is 0.368 e. The highest BCUT2D eigenvalue weighted by molar-refractivity contribution is 5.93. The van der Waals surface area contributed by atoms with E-state index in [1.54, 1.807) is 12.3 Å². The van der Waals surface area contributed by atoms with Gasteiger partial charge in [-0.25, -0.2) is 4.98 Å². The fourth-order valence-corrected chi connectivity index (χ4v) is 2.75. The normalized spacial score (nSPS) is 17.3. The predicted octanol–water partition coefficient (Wildman–Crippen LogP) is 4.24. The zero-order valence-corrected chi connectivity index (χ0v) is 15.0. The van der Waals surface area contributed by atoms with Crippen LogP contribution in [0, 0.1) is 0 Å². The lowest BCUT2D eigenvalue weighted by atomic mass is 9.87. The van der Waals surface area contributed by atoms with Gasteiger partial charge in [0.25, 0.3) is 5.91 Å². The van der Waals surface area contributed by atoms with Crippen molar-refractivity contribution in [3.63, 3.8) is 0 Å². The lowest BCUT2D eigenvalue weighted by molar-refractivity contribution is -0.124. The summed E-state index contributed by atoms with van der Waals surface area (Å²) in [5.74, 6) is 0.414. The molecule has 1 fully saturated rings. The monoisotopic (exact) mass is 339 g/mol. The number of nitrogens with one attached hydrogen (secondary N) is 2. The lowest BCUT2D eigenvalue weighted by Crippen LogP contribution is -2.27. The van der Waals surface area contributed by atoms with E-state index in [4.69, 9.17) is 4.74 Å². The second kappa shape index (κ2) is 7.23. The van der Waals surface area contributed by atoms with E-state index in [9.17, 15) is 4.79 Å². The third-order valence-electron chi connectivity index (χ3n) is 4.28. The van der Waals surface area contributed by atoms with Gasteiger partial charge in [-0.3, -0.25) is 4.79 Å². The minimum absolute atomic E-state index is 0.122. The van der Waals surface area contributed by atoms with Crippen LogP contribution < -0.4 is 10.6 Å². The Morgan fingerprint density at radius 3 is 2.40 bits per heavy atom. The quantitative estimate of drug-likeness (QED) is 0.874. The SMILES string of the molecule is CC(C)(C)c1ccc(Nc2ccc(NC(=O)C3CCCO3)nc2)cc1. The van der Waals surface area contributed by atoms with Gasteiger partial charge in [0.1, 0.15) is 11.9 Å². The second-order valence-electron chi connectivity index (χ2n) is 7.38. The molecule has 0 radical (unpaired) electrons. The molecule has 25 heavy (non-hydrogen) atoms. The first-order valence-electron chi connectivity index (χ1n) is 8.68. The van der Waals surface area contributed by atoms with Gasteiger partial charge in [0.15, 0.2) is 0 Å². The smallest absolute Gasteiger partial charge is 0.254 e. The number of rotatable bonds is 4. The fourth-order valence-electron chi connectivity index (χ4n) is 2.75. The van der Waals surface area contributed by atoms with E-state index in [1.165, 1.54) is 5.56 Å². The molecule has 0 saturated carbocycles. The lowest BCUT2D eigenvalue weighted by Gasteiger charge is -2.19. The molecular weight excluding hydrogens is 314 g/mol. The molecule has 0 aliphatic carbocycles. The van der Waals surface area contributed by atoms with Gasteiger partial charge in [-0.2, -0.15) is 0 Å². The molecule has 2 heterocycles. The summed E-state index contributed by atoms with van der Waals surface area (Å²) in [7, 11) is 0. The fraction of sp³-hybridized carbons (Fsp3) is 0.400. The van der Waals surface area contributed by atoms with Crippen LogP contribution in [0.15, 0.2) is 42.6 Å². The Kier molecular flexibility index (Phi) is 5.04. The standard InChI is InChI=1S/C20H25N3O2/c1-20(2,3)14-6-8-15(9-7-14)22-16-10-11-18(21-13-16)23-19(24)17-5-4-12-25-17/h6-11,13,17,22H,4-5,12H2,1-3H3,(H,21,23,24). The van der Waals surface area contributed by atoms with Crippen molar-refractivity contribution in [2.24, 2.45) is 0 Å². The summed E-state index contributed by atoms with van der Waals surface area (Å²) in [6.07, 6.45) is 3.07. The maximum absolute atomic E-state index is 12.0. The summed E-state index contributed by atoms with van der Waals surface area (Å²) in [6.45, 7) is 7.25. The van der Waals surface area contributed by atoms with Gasteiger partial charge in [0.05, 0.1) is 11.9 Å². The number of pyridine rings is 1. The molecule has 5 heteroatoms. The van der Waals surface area contributed by atoms with E-state index in [2.05, 4.69) is 60.7 Å². The van der Waals surface area contributed by atoms with Crippen molar-refractivity contribution in [2.75, 3.05) is 17.2 Å². The third-order valence-corrected chi connectivity index (χ3v) is 4.28. The zero-order chi connectivity index (χ0) is 17.9. The van der Waals surface area contributed by atoms with Crippen LogP contribution in [-0.4, -0.2) is 23.6 Å². The number of ether oxygens (including phenoxy) is 1. The van der Waals surface area contributed by atoms with Crippen molar-refractivity contribution in [3.05, 3.63) is 48.2 Å². The predicted molar refractivity (Wildman–Crippen MR) is 100 cm³/mol. The van der Waals surface area contributed by atoms with Gasteiger partial charge in [-0.05, 0) is 48.1 Å². The minimum atomic E-state index is -0.346. The van der Waals surface area contributed by atoms with E-state index in [-0.39, 0.29) is 17.4 Å². The molecule has 1 unspecified atom stereocenters. The van der Waals surface area contributed by atoms with Crippen LogP contribution in [0.25, 0.3) is 0 Å². The van der Waals surface area contributed by atoms with Gasteiger partial charge in [0, 0.05) is 12.3 Å². The average molecular weight is 339 g/mol. The number of carbonyl (C=O) groups excluding carboxylic acids is 1. The van der Waals surface area contributed by atoms with Gasteiger partial charge in [-0.1, -0.05) is 32.9 Å². The summed E-state index contributed by atoms with van der Waals surface area (Å²) < 4.78 is 5.37. The van der Waals surface area contributed by atoms with Crippen LogP contribution in [0.1, 0.15) is 39.2 Å². The maximum atomic E-state index is 12.0. The molecule has 1 amide bonds. The Hall–Kier alpha value is -2.40. The zero-order valence-electron chi connectivity index (χ0n) is 15.0. The average Bonchev–Trinajstić information content (AvgIpc) is 3.11. The number of aromatic nitrogens is 1. The van der Waals surface area contributed by atoms with E-state index < -0.39 is 0 Å². The number of nitrogens with zero attached hydrogens (tertiary/aromatic N) is 1. The van der Waals surface area contributed by atoms with E-state index in [0.29, 0.717) is 12.4 Å². The topological polar surface area (TPSA) is 63.2 Å². The summed E-state index contributed by atoms with van der Waals surface area (Å²) in [5.41, 5.74) is 3.32. The molecule has 1 aromatic carbocycles. The maximum Gasteiger partial charge on any atom is 0.254 e. The number of carbonyl (C=O) groups is 1. The third kappa shape index (κ3) is 4.57. The minimum Gasteiger partial charge on any atom is -0.368 e. The molecule has 5 nitrogen and oxygen atoms in total. The molecule has 2 aromatic rings. The number of amides is 1. The molecule has 1 saturated heterocycles. The Morgan fingerprint density at radius 1 is 1.12 bits per heavy atom. The van der Waals surface area contributed by atoms with Crippen molar-refractivity contribution in [1.82, 2.24) is 4.98 Å². The Morgan fingerprint density at radius 2 is 1.84 bits per heavy atom. The summed E-state index contributed by atoms with van der Waals surface area (Å²) >= 11 is 0. The molecule has 0 bridgehead atoms. The van der Waals surface area contributed by atoms with Gasteiger partial charge in [0.2, 0.25) is 0 Å². The molecule has 1 aliphatic heterocycles. The first kappa shape index (κ1) is 17.4. The Balaban J connectivity index is 1.59. The van der Waals surface area contributed by atoms with E-state index in [0.717, 1.165) is 24.2 Å². The van der Waals surface area contributed by atoms with Crippen molar-refractivity contribution in [2.45, 2.75) is 45.1 Å². The summed E-state index contributed by atoms with van der Waals surface area (Å²) in [6, 6.07) is 12.1. The Bertz CT molecular complexity index is 712. The highest BCUT2D eigenvalue weighted by atomic mass is 16.5. The van der Waals surface area contributed by atoms with Crippen LogP contribution >= 0.6 is 0 Å². The van der Waals surface area contributed by atoms with Crippen molar-refractivity contribution >= 4 is 23.1 Å². The highest BCUT2D eigenvalue weighted by Crippen LogP contribution is 2.25. The van der Waals surface area contributed by atoms with Gasteiger partial charge >= 0.3 is 0 Å². The van der Waals surface area contributed by atoms with E-state index >= 15 is 0 Å². The van der Waals surface area contributed by atoms with Gasteiger partial charge in [-0.15, -0.1) is 0 Å². The first-order valence-corrected chi connectivity index (χ1v) is 8.68. The van der Waals surface area contributed by atoms with Crippen LogP contribution in [0.4, 0.5) is 17.2 Å². The van der Waals surface area contributed by atoms with Crippen molar-refractivity contribution in [3.8, 4) is 0 Å². The molecule has 1 aliphatic rings. The summed E-state index contributed by atoms with van der Waals surface area (Å²) in [4.78, 5) is 16.3. The number of anilines is 3.